The van der Waals surface area contributed by atoms with Crippen molar-refractivity contribution in [3.05, 3.63) is 69.4 Å². The number of hydrogen-bond acceptors (Lipinski definition) is 6. The van der Waals surface area contributed by atoms with Crippen LogP contribution in [0.3, 0.4) is 0 Å². The van der Waals surface area contributed by atoms with Gasteiger partial charge in [0.2, 0.25) is 5.90 Å². The summed E-state index contributed by atoms with van der Waals surface area (Å²) in [5.41, 5.74) is 1.65. The Kier molecular flexibility index (Phi) is 6.35. The highest BCUT2D eigenvalue weighted by Gasteiger charge is 2.24. The van der Waals surface area contributed by atoms with Gasteiger partial charge in [0.15, 0.2) is 17.2 Å². The summed E-state index contributed by atoms with van der Waals surface area (Å²) in [6.45, 7) is 4.02. The van der Waals surface area contributed by atoms with E-state index in [2.05, 4.69) is 34.2 Å². The van der Waals surface area contributed by atoms with Crippen LogP contribution in [-0.4, -0.2) is 32.7 Å². The highest BCUT2D eigenvalue weighted by atomic mass is 127. The van der Waals surface area contributed by atoms with E-state index in [1.807, 2.05) is 6.07 Å². The number of aliphatic imine (C=N–C) groups is 1. The van der Waals surface area contributed by atoms with Gasteiger partial charge in [-0.25, -0.2) is 9.79 Å². The second kappa shape index (κ2) is 8.92. The lowest BCUT2D eigenvalue weighted by atomic mass is 10.1. The number of cyclic esters (lactones) is 1. The van der Waals surface area contributed by atoms with Gasteiger partial charge in [0.1, 0.15) is 12.4 Å². The van der Waals surface area contributed by atoms with Gasteiger partial charge in [-0.05, 0) is 70.6 Å². The molecule has 0 saturated heterocycles. The average molecular weight is 491 g/mol. The Morgan fingerprint density at radius 1 is 1.18 bits per heavy atom. The van der Waals surface area contributed by atoms with E-state index in [1.165, 1.54) is 0 Å². The van der Waals surface area contributed by atoms with Gasteiger partial charge < -0.3 is 18.9 Å². The lowest BCUT2D eigenvalue weighted by Gasteiger charge is -2.12. The number of esters is 1. The number of methoxy groups -OCH3 is 2. The van der Waals surface area contributed by atoms with E-state index in [4.69, 9.17) is 18.9 Å². The fraction of sp³-hybridized carbons (Fsp3) is 0.143. The number of hydrogen-bond donors (Lipinski definition) is 0. The van der Waals surface area contributed by atoms with Gasteiger partial charge in [-0.1, -0.05) is 12.7 Å². The van der Waals surface area contributed by atoms with E-state index < -0.39 is 5.97 Å². The Morgan fingerprint density at radius 3 is 2.57 bits per heavy atom. The molecular formula is C21H18INO5. The highest BCUT2D eigenvalue weighted by Crippen LogP contribution is 2.35. The Bertz CT molecular complexity index is 964. The molecule has 2 aromatic carbocycles. The van der Waals surface area contributed by atoms with Crippen LogP contribution < -0.4 is 14.2 Å². The quantitative estimate of drug-likeness (QED) is 0.251. The number of halogens is 1. The summed E-state index contributed by atoms with van der Waals surface area (Å²) in [7, 11) is 3.15. The number of benzene rings is 2. The SMILES string of the molecule is C=CCOc1c(I)cc(C=C2N=C(c3ccc(OC)cc3)OC2=O)cc1OC. The molecule has 28 heavy (non-hydrogen) atoms. The average Bonchev–Trinajstić information content (AvgIpc) is 3.07. The lowest BCUT2D eigenvalue weighted by Crippen LogP contribution is -2.05. The maximum atomic E-state index is 12.2. The van der Waals surface area contributed by atoms with Gasteiger partial charge in [-0.3, -0.25) is 0 Å². The molecule has 0 aliphatic carbocycles. The van der Waals surface area contributed by atoms with Gasteiger partial charge in [-0.15, -0.1) is 0 Å². The van der Waals surface area contributed by atoms with Crippen molar-refractivity contribution in [1.82, 2.24) is 0 Å². The number of nitrogens with zero attached hydrogens (tertiary/aromatic N) is 1. The minimum absolute atomic E-state index is 0.212. The summed E-state index contributed by atoms with van der Waals surface area (Å²) >= 11 is 2.15. The molecule has 0 atom stereocenters. The summed E-state index contributed by atoms with van der Waals surface area (Å²) in [5.74, 6) is 1.65. The second-order valence-corrected chi connectivity index (χ2v) is 6.86. The lowest BCUT2D eigenvalue weighted by molar-refractivity contribution is -0.129. The molecule has 1 heterocycles. The third-order valence-electron chi connectivity index (χ3n) is 3.86. The second-order valence-electron chi connectivity index (χ2n) is 5.70. The highest BCUT2D eigenvalue weighted by molar-refractivity contribution is 14.1. The summed E-state index contributed by atoms with van der Waals surface area (Å²) in [6.07, 6.45) is 3.32. The van der Waals surface area contributed by atoms with E-state index >= 15 is 0 Å². The molecule has 7 heteroatoms. The first kappa shape index (κ1) is 19.9. The van der Waals surface area contributed by atoms with Crippen molar-refractivity contribution in [3.63, 3.8) is 0 Å². The van der Waals surface area contributed by atoms with Crippen LogP contribution in [0.2, 0.25) is 0 Å². The largest absolute Gasteiger partial charge is 0.497 e. The van der Waals surface area contributed by atoms with Crippen LogP contribution in [0.1, 0.15) is 11.1 Å². The van der Waals surface area contributed by atoms with Crippen molar-refractivity contribution >= 4 is 40.5 Å². The van der Waals surface area contributed by atoms with Gasteiger partial charge in [0, 0.05) is 5.56 Å². The molecule has 0 aromatic heterocycles. The summed E-state index contributed by atoms with van der Waals surface area (Å²) in [4.78, 5) is 16.6. The smallest absolute Gasteiger partial charge is 0.363 e. The van der Waals surface area contributed by atoms with E-state index in [0.717, 1.165) is 9.13 Å². The Hall–Kier alpha value is -2.81. The maximum absolute atomic E-state index is 12.2. The van der Waals surface area contributed by atoms with Crippen LogP contribution in [0, 0.1) is 3.57 Å². The van der Waals surface area contributed by atoms with Crippen molar-refractivity contribution in [2.45, 2.75) is 0 Å². The van der Waals surface area contributed by atoms with Gasteiger partial charge >= 0.3 is 5.97 Å². The first-order valence-electron chi connectivity index (χ1n) is 8.34. The minimum Gasteiger partial charge on any atom is -0.497 e. The van der Waals surface area contributed by atoms with Crippen LogP contribution in [0.4, 0.5) is 0 Å². The van der Waals surface area contributed by atoms with Gasteiger partial charge in [0.25, 0.3) is 0 Å². The van der Waals surface area contributed by atoms with E-state index in [1.54, 1.807) is 56.7 Å². The predicted molar refractivity (Wildman–Crippen MR) is 115 cm³/mol. The molecule has 1 aliphatic heterocycles. The fourth-order valence-electron chi connectivity index (χ4n) is 2.53. The minimum atomic E-state index is -0.508. The van der Waals surface area contributed by atoms with Crippen LogP contribution in [0.15, 0.2) is 59.7 Å². The molecule has 1 aliphatic rings. The van der Waals surface area contributed by atoms with Crippen LogP contribution in [0.25, 0.3) is 6.08 Å². The summed E-state index contributed by atoms with van der Waals surface area (Å²) < 4.78 is 22.3. The molecule has 144 valence electrons. The normalized spacial score (nSPS) is 14.5. The molecule has 2 aromatic rings. The zero-order chi connectivity index (χ0) is 20.1. The van der Waals surface area contributed by atoms with E-state index in [9.17, 15) is 4.79 Å². The molecule has 0 fully saturated rings. The van der Waals surface area contributed by atoms with Crippen LogP contribution >= 0.6 is 22.6 Å². The molecule has 3 rings (SSSR count). The first-order chi connectivity index (χ1) is 13.5. The zero-order valence-electron chi connectivity index (χ0n) is 15.4. The van der Waals surface area contributed by atoms with Crippen molar-refractivity contribution < 1.29 is 23.7 Å². The third-order valence-corrected chi connectivity index (χ3v) is 4.66. The standard InChI is InChI=1S/C21H18INO5/c1-4-9-27-19-16(22)10-13(12-18(19)26-3)11-17-21(24)28-20(23-17)14-5-7-15(25-2)8-6-14/h4-8,10-12H,1,9H2,2-3H3. The van der Waals surface area contributed by atoms with Crippen molar-refractivity contribution in [2.75, 3.05) is 20.8 Å². The molecule has 0 N–H and O–H groups in total. The number of rotatable bonds is 7. The molecular weight excluding hydrogens is 473 g/mol. The van der Waals surface area contributed by atoms with Gasteiger partial charge in [-0.2, -0.15) is 0 Å². The molecule has 0 unspecified atom stereocenters. The topological polar surface area (TPSA) is 66.3 Å². The Balaban J connectivity index is 1.91. The molecule has 0 saturated carbocycles. The zero-order valence-corrected chi connectivity index (χ0v) is 17.6. The van der Waals surface area contributed by atoms with E-state index in [0.29, 0.717) is 29.4 Å². The first-order valence-corrected chi connectivity index (χ1v) is 9.41. The molecule has 0 spiro atoms. The van der Waals surface area contributed by atoms with Gasteiger partial charge in [0.05, 0.1) is 17.8 Å². The van der Waals surface area contributed by atoms with Crippen LogP contribution in [-0.2, 0) is 9.53 Å². The molecule has 0 amide bonds. The Labute approximate surface area is 176 Å². The molecule has 0 radical (unpaired) electrons. The predicted octanol–water partition coefficient (Wildman–Crippen LogP) is 4.22. The number of carbonyl (C=O) groups excluding carboxylic acids is 1. The van der Waals surface area contributed by atoms with E-state index in [-0.39, 0.29) is 11.6 Å². The number of ether oxygens (including phenoxy) is 4. The molecule has 0 bridgehead atoms. The van der Waals surface area contributed by atoms with Crippen molar-refractivity contribution in [2.24, 2.45) is 4.99 Å². The number of carbonyl (C=O) groups is 1. The van der Waals surface area contributed by atoms with Crippen molar-refractivity contribution in [1.29, 1.82) is 0 Å². The monoisotopic (exact) mass is 491 g/mol. The maximum Gasteiger partial charge on any atom is 0.363 e. The van der Waals surface area contributed by atoms with Crippen molar-refractivity contribution in [3.8, 4) is 17.2 Å². The summed E-state index contributed by atoms with van der Waals surface area (Å²) in [6, 6.07) is 10.8. The fourth-order valence-corrected chi connectivity index (χ4v) is 3.31. The Morgan fingerprint density at radius 2 is 1.93 bits per heavy atom. The summed E-state index contributed by atoms with van der Waals surface area (Å²) in [5, 5.41) is 0. The van der Waals surface area contributed by atoms with Crippen LogP contribution in [0.5, 0.6) is 17.2 Å². The third kappa shape index (κ3) is 4.36. The molecule has 6 nitrogen and oxygen atoms in total.